The molecule has 0 aliphatic rings. The number of ether oxygens (including phenoxy) is 3. The molecule has 0 N–H and O–H groups in total. The molecular formula is C19H14ClN2NaO5. The molecule has 0 atom stereocenters. The summed E-state index contributed by atoms with van der Waals surface area (Å²) < 4.78 is 15.7. The molecular weight excluding hydrogens is 395 g/mol. The first-order valence-corrected chi connectivity index (χ1v) is 8.15. The van der Waals surface area contributed by atoms with Gasteiger partial charge in [0.1, 0.15) is 5.75 Å². The maximum atomic E-state index is 11.8. The Labute approximate surface area is 188 Å². The number of carboxylic acid groups (broad SMARTS) is 1. The molecule has 0 fully saturated rings. The average Bonchev–Trinajstić information content (AvgIpc) is 2.67. The third-order valence-electron chi connectivity index (χ3n) is 3.66. The minimum Gasteiger partial charge on any atom is -0.545 e. The first-order chi connectivity index (χ1) is 13.0. The Morgan fingerprint density at radius 3 is 2.14 bits per heavy atom. The summed E-state index contributed by atoms with van der Waals surface area (Å²) in [6.45, 7) is 0. The summed E-state index contributed by atoms with van der Waals surface area (Å²) in [6.07, 6.45) is 0. The molecule has 2 aromatic carbocycles. The number of nitrogens with zero attached hydrogens (tertiary/aromatic N) is 2. The third kappa shape index (κ3) is 4.94. The molecule has 0 saturated heterocycles. The van der Waals surface area contributed by atoms with Crippen molar-refractivity contribution in [1.82, 2.24) is 9.97 Å². The van der Waals surface area contributed by atoms with E-state index < -0.39 is 5.97 Å². The second-order valence-corrected chi connectivity index (χ2v) is 5.75. The smallest absolute Gasteiger partial charge is 0.545 e. The number of methoxy groups -OCH3 is 2. The number of halogens is 1. The first kappa shape index (κ1) is 22.0. The Balaban J connectivity index is 0.00000280. The zero-order chi connectivity index (χ0) is 19.4. The maximum absolute atomic E-state index is 11.8. The molecule has 9 heteroatoms. The van der Waals surface area contributed by atoms with Gasteiger partial charge in [0.15, 0.2) is 0 Å². The normalized spacial score (nSPS) is 9.96. The van der Waals surface area contributed by atoms with E-state index in [0.717, 1.165) is 0 Å². The monoisotopic (exact) mass is 408 g/mol. The Morgan fingerprint density at radius 2 is 1.61 bits per heavy atom. The first-order valence-electron chi connectivity index (χ1n) is 7.77. The fourth-order valence-corrected chi connectivity index (χ4v) is 2.56. The van der Waals surface area contributed by atoms with Crippen LogP contribution >= 0.6 is 11.6 Å². The van der Waals surface area contributed by atoms with Crippen molar-refractivity contribution in [2.75, 3.05) is 14.2 Å². The fourth-order valence-electron chi connectivity index (χ4n) is 2.43. The van der Waals surface area contributed by atoms with Crippen LogP contribution in [-0.4, -0.2) is 30.2 Å². The van der Waals surface area contributed by atoms with Gasteiger partial charge in [-0.25, -0.2) is 0 Å². The van der Waals surface area contributed by atoms with Crippen LogP contribution in [0.5, 0.6) is 23.5 Å². The van der Waals surface area contributed by atoms with Gasteiger partial charge in [-0.05, 0) is 29.3 Å². The predicted octanol–water partition coefficient (Wildman–Crippen LogP) is -0.0260. The maximum Gasteiger partial charge on any atom is 1.00 e. The molecule has 7 nitrogen and oxygen atoms in total. The Kier molecular flexibility index (Phi) is 7.65. The van der Waals surface area contributed by atoms with Crippen molar-refractivity contribution < 1.29 is 53.7 Å². The molecule has 0 amide bonds. The SMILES string of the molecule is COc1cc(OC)nc(Oc2cccc(-c3ccc(Cl)cc3)c2C(=O)[O-])n1.[Na+]. The van der Waals surface area contributed by atoms with Crippen LogP contribution in [0.3, 0.4) is 0 Å². The summed E-state index contributed by atoms with van der Waals surface area (Å²) in [5.74, 6) is -0.954. The third-order valence-corrected chi connectivity index (χ3v) is 3.92. The summed E-state index contributed by atoms with van der Waals surface area (Å²) in [6, 6.07) is 12.9. The molecule has 28 heavy (non-hydrogen) atoms. The molecule has 0 unspecified atom stereocenters. The molecule has 1 aromatic heterocycles. The molecule has 3 rings (SSSR count). The van der Waals surface area contributed by atoms with Gasteiger partial charge in [-0.2, -0.15) is 9.97 Å². The van der Waals surface area contributed by atoms with Crippen molar-refractivity contribution in [3.63, 3.8) is 0 Å². The minimum atomic E-state index is -1.40. The molecule has 0 bridgehead atoms. The molecule has 3 aromatic rings. The molecule has 0 saturated carbocycles. The average molecular weight is 409 g/mol. The zero-order valence-corrected chi connectivity index (χ0v) is 18.2. The predicted molar refractivity (Wildman–Crippen MR) is 96.4 cm³/mol. The van der Waals surface area contributed by atoms with E-state index in [1.165, 1.54) is 26.4 Å². The van der Waals surface area contributed by atoms with Gasteiger partial charge in [0.25, 0.3) is 0 Å². The van der Waals surface area contributed by atoms with Crippen molar-refractivity contribution in [1.29, 1.82) is 0 Å². The quantitative estimate of drug-likeness (QED) is 0.529. The second kappa shape index (κ2) is 9.75. The number of aromatic carboxylic acids is 1. The van der Waals surface area contributed by atoms with E-state index in [9.17, 15) is 9.90 Å². The number of carboxylic acids is 1. The van der Waals surface area contributed by atoms with Crippen LogP contribution in [0.15, 0.2) is 48.5 Å². The van der Waals surface area contributed by atoms with Crippen LogP contribution < -0.4 is 48.9 Å². The molecule has 0 radical (unpaired) electrons. The van der Waals surface area contributed by atoms with Gasteiger partial charge in [-0.3, -0.25) is 0 Å². The Morgan fingerprint density at radius 1 is 1.00 bits per heavy atom. The fraction of sp³-hybridized carbons (Fsp3) is 0.105. The summed E-state index contributed by atoms with van der Waals surface area (Å²) >= 11 is 5.90. The van der Waals surface area contributed by atoms with Gasteiger partial charge in [0, 0.05) is 10.6 Å². The number of benzene rings is 2. The van der Waals surface area contributed by atoms with E-state index in [0.29, 0.717) is 16.1 Å². The number of carbonyl (C=O) groups is 1. The van der Waals surface area contributed by atoms with Crippen LogP contribution in [-0.2, 0) is 0 Å². The molecule has 0 spiro atoms. The van der Waals surface area contributed by atoms with E-state index >= 15 is 0 Å². The van der Waals surface area contributed by atoms with Crippen molar-refractivity contribution in [2.24, 2.45) is 0 Å². The van der Waals surface area contributed by atoms with Crippen molar-refractivity contribution in [3.05, 3.63) is 59.1 Å². The number of hydrogen-bond donors (Lipinski definition) is 0. The van der Waals surface area contributed by atoms with Crippen LogP contribution in [0.25, 0.3) is 11.1 Å². The topological polar surface area (TPSA) is 93.6 Å². The van der Waals surface area contributed by atoms with E-state index in [1.54, 1.807) is 36.4 Å². The second-order valence-electron chi connectivity index (χ2n) is 5.31. The van der Waals surface area contributed by atoms with Crippen molar-refractivity contribution in [3.8, 4) is 34.6 Å². The number of aromatic nitrogens is 2. The van der Waals surface area contributed by atoms with E-state index in [4.69, 9.17) is 25.8 Å². The van der Waals surface area contributed by atoms with E-state index in [2.05, 4.69) is 9.97 Å². The summed E-state index contributed by atoms with van der Waals surface area (Å²) in [4.78, 5) is 19.9. The molecule has 138 valence electrons. The summed E-state index contributed by atoms with van der Waals surface area (Å²) in [5.41, 5.74) is 0.928. The zero-order valence-electron chi connectivity index (χ0n) is 15.4. The number of rotatable bonds is 6. The number of carbonyl (C=O) groups excluding carboxylic acids is 1. The number of hydrogen-bond acceptors (Lipinski definition) is 7. The van der Waals surface area contributed by atoms with Crippen molar-refractivity contribution in [2.45, 2.75) is 0 Å². The van der Waals surface area contributed by atoms with Crippen LogP contribution in [0.2, 0.25) is 5.02 Å². The van der Waals surface area contributed by atoms with Gasteiger partial charge in [-0.1, -0.05) is 35.9 Å². The summed E-state index contributed by atoms with van der Waals surface area (Å²) in [5, 5.41) is 12.4. The summed E-state index contributed by atoms with van der Waals surface area (Å²) in [7, 11) is 2.86. The Bertz CT molecular complexity index is 960. The largest absolute Gasteiger partial charge is 1.00 e. The van der Waals surface area contributed by atoms with Gasteiger partial charge in [0.2, 0.25) is 11.8 Å². The van der Waals surface area contributed by atoms with Crippen LogP contribution in [0.4, 0.5) is 0 Å². The molecule has 0 aliphatic carbocycles. The van der Waals surface area contributed by atoms with Gasteiger partial charge >= 0.3 is 35.6 Å². The van der Waals surface area contributed by atoms with Gasteiger partial charge in [-0.15, -0.1) is 0 Å². The van der Waals surface area contributed by atoms with E-state index in [-0.39, 0.29) is 58.6 Å². The molecule has 1 heterocycles. The van der Waals surface area contributed by atoms with Gasteiger partial charge in [0.05, 0.1) is 26.3 Å². The van der Waals surface area contributed by atoms with Gasteiger partial charge < -0.3 is 24.1 Å². The van der Waals surface area contributed by atoms with Crippen LogP contribution in [0, 0.1) is 0 Å². The molecule has 0 aliphatic heterocycles. The Hall–Kier alpha value is -2.32. The van der Waals surface area contributed by atoms with E-state index in [1.807, 2.05) is 0 Å². The van der Waals surface area contributed by atoms with Crippen molar-refractivity contribution >= 4 is 17.6 Å². The van der Waals surface area contributed by atoms with Crippen LogP contribution in [0.1, 0.15) is 10.4 Å². The minimum absolute atomic E-state index is 0. The standard InChI is InChI=1S/C19H15ClN2O5.Na/c1-25-15-10-16(26-2)22-19(21-15)27-14-5-3-4-13(17(14)18(23)24)11-6-8-12(20)9-7-11;/h3-10H,1-2H3,(H,23,24);/q;+1/p-1.